The topological polar surface area (TPSA) is 93.5 Å². The maximum absolute atomic E-state index is 12.2. The van der Waals surface area contributed by atoms with E-state index in [1.807, 2.05) is 0 Å². The van der Waals surface area contributed by atoms with Crippen molar-refractivity contribution < 1.29 is 31.9 Å². The molecule has 0 spiro atoms. The molecule has 2 N–H and O–H groups in total. The van der Waals surface area contributed by atoms with Gasteiger partial charge in [-0.05, 0) is 29.8 Å². The van der Waals surface area contributed by atoms with Crippen LogP contribution in [0.4, 0.5) is 18.3 Å². The van der Waals surface area contributed by atoms with E-state index in [1.54, 1.807) is 12.3 Å². The van der Waals surface area contributed by atoms with Crippen LogP contribution in [0.25, 0.3) is 0 Å². The van der Waals surface area contributed by atoms with Gasteiger partial charge in [0.2, 0.25) is 5.91 Å². The number of alkyl halides is 3. The summed E-state index contributed by atoms with van der Waals surface area (Å²) in [7, 11) is 0. The van der Waals surface area contributed by atoms with Crippen LogP contribution in [0.2, 0.25) is 0 Å². The predicted molar refractivity (Wildman–Crippen MR) is 102 cm³/mol. The van der Waals surface area contributed by atoms with Gasteiger partial charge in [0.1, 0.15) is 5.75 Å². The maximum atomic E-state index is 12.2. The number of nitrogens with one attached hydrogen (secondary N) is 2. The molecule has 0 atom stereocenters. The molecule has 7 nitrogen and oxygen atoms in total. The molecule has 3 rings (SSSR count). The first-order valence-electron chi connectivity index (χ1n) is 8.69. The molecule has 0 aliphatic rings. The second-order valence-corrected chi connectivity index (χ2v) is 7.15. The predicted octanol–water partition coefficient (Wildman–Crippen LogP) is 3.98. The average Bonchev–Trinajstić information content (AvgIpc) is 3.34. The van der Waals surface area contributed by atoms with Crippen LogP contribution in [-0.4, -0.2) is 29.7 Å². The number of hydrogen-bond acceptors (Lipinski definition) is 6. The average molecular weight is 439 g/mol. The van der Waals surface area contributed by atoms with Crippen molar-refractivity contribution >= 4 is 28.3 Å². The van der Waals surface area contributed by atoms with Crippen molar-refractivity contribution in [2.24, 2.45) is 0 Å². The van der Waals surface area contributed by atoms with Gasteiger partial charge in [0.05, 0.1) is 6.26 Å². The van der Waals surface area contributed by atoms with Gasteiger partial charge in [-0.25, -0.2) is 4.98 Å². The Morgan fingerprint density at radius 2 is 1.93 bits per heavy atom. The van der Waals surface area contributed by atoms with Crippen molar-refractivity contribution in [3.63, 3.8) is 0 Å². The highest BCUT2D eigenvalue weighted by Gasteiger charge is 2.30. The molecule has 158 valence electrons. The van der Waals surface area contributed by atoms with Gasteiger partial charge in [-0.1, -0.05) is 12.1 Å². The van der Waals surface area contributed by atoms with Gasteiger partial charge in [0, 0.05) is 30.5 Å². The number of anilines is 1. The maximum Gasteiger partial charge on any atom is 0.573 e. The number of nitrogens with zero attached hydrogens (tertiary/aromatic N) is 1. The number of benzene rings is 1. The first kappa shape index (κ1) is 21.4. The van der Waals surface area contributed by atoms with Gasteiger partial charge < -0.3 is 19.8 Å². The van der Waals surface area contributed by atoms with E-state index in [2.05, 4.69) is 20.4 Å². The molecule has 0 saturated heterocycles. The standard InChI is InChI=1S/C19H16F3N3O4S/c20-19(21,22)29-13-5-3-12(4-6-13)10-14-11-24-18(30-14)25-16(26)7-8-23-17(27)15-2-1-9-28-15/h1-6,9,11H,7-8,10H2,(H,23,27)(H,24,25,26). The van der Waals surface area contributed by atoms with E-state index >= 15 is 0 Å². The number of carbonyl (C=O) groups excluding carboxylic acids is 2. The number of thiazole rings is 1. The van der Waals surface area contributed by atoms with E-state index in [-0.39, 0.29) is 30.4 Å². The summed E-state index contributed by atoms with van der Waals surface area (Å²) in [6.07, 6.45) is -1.26. The first-order valence-corrected chi connectivity index (χ1v) is 9.51. The Morgan fingerprint density at radius 3 is 2.60 bits per heavy atom. The number of aromatic nitrogens is 1. The summed E-state index contributed by atoms with van der Waals surface area (Å²) in [6, 6.07) is 8.64. The smallest absolute Gasteiger partial charge is 0.459 e. The van der Waals surface area contributed by atoms with Crippen LogP contribution in [0, 0.1) is 0 Å². The third-order valence-corrected chi connectivity index (χ3v) is 4.63. The molecular weight excluding hydrogens is 423 g/mol. The monoisotopic (exact) mass is 439 g/mol. The summed E-state index contributed by atoms with van der Waals surface area (Å²) in [5.74, 6) is -0.846. The normalized spacial score (nSPS) is 11.2. The minimum Gasteiger partial charge on any atom is -0.459 e. The molecule has 0 aliphatic heterocycles. The fraction of sp³-hybridized carbons (Fsp3) is 0.211. The van der Waals surface area contributed by atoms with E-state index in [0.29, 0.717) is 11.6 Å². The van der Waals surface area contributed by atoms with Gasteiger partial charge >= 0.3 is 6.36 Å². The molecule has 2 heterocycles. The summed E-state index contributed by atoms with van der Waals surface area (Å²) >= 11 is 1.25. The zero-order valence-electron chi connectivity index (χ0n) is 15.4. The van der Waals surface area contributed by atoms with E-state index in [4.69, 9.17) is 4.42 Å². The molecule has 3 aromatic rings. The van der Waals surface area contributed by atoms with E-state index < -0.39 is 12.3 Å². The molecule has 30 heavy (non-hydrogen) atoms. The van der Waals surface area contributed by atoms with Crippen LogP contribution >= 0.6 is 11.3 Å². The van der Waals surface area contributed by atoms with Gasteiger partial charge in [0.15, 0.2) is 10.9 Å². The molecule has 11 heteroatoms. The Bertz CT molecular complexity index is 985. The minimum atomic E-state index is -4.73. The molecule has 0 bridgehead atoms. The Hall–Kier alpha value is -3.34. The molecular formula is C19H16F3N3O4S. The lowest BCUT2D eigenvalue weighted by molar-refractivity contribution is -0.274. The molecule has 0 unspecified atom stereocenters. The minimum absolute atomic E-state index is 0.0576. The quantitative estimate of drug-likeness (QED) is 0.554. The largest absolute Gasteiger partial charge is 0.573 e. The third kappa shape index (κ3) is 6.62. The zero-order valence-corrected chi connectivity index (χ0v) is 16.2. The molecule has 1 aromatic carbocycles. The summed E-state index contributed by atoms with van der Waals surface area (Å²) in [5.41, 5.74) is 0.770. The number of ether oxygens (including phenoxy) is 1. The SMILES string of the molecule is O=C(CCNC(=O)c1ccco1)Nc1ncc(Cc2ccc(OC(F)(F)F)cc2)s1. The summed E-state index contributed by atoms with van der Waals surface area (Å²) in [5, 5.41) is 5.60. The van der Waals surface area contributed by atoms with Gasteiger partial charge in [-0.3, -0.25) is 9.59 Å². The van der Waals surface area contributed by atoms with Crippen LogP contribution in [0.5, 0.6) is 5.75 Å². The lowest BCUT2D eigenvalue weighted by Gasteiger charge is -2.08. The third-order valence-electron chi connectivity index (χ3n) is 3.72. The van der Waals surface area contributed by atoms with Crippen molar-refractivity contribution in [3.05, 3.63) is 65.1 Å². The number of hydrogen-bond donors (Lipinski definition) is 2. The fourth-order valence-corrected chi connectivity index (χ4v) is 3.29. The molecule has 0 aliphatic carbocycles. The highest BCUT2D eigenvalue weighted by Crippen LogP contribution is 2.25. The second kappa shape index (κ2) is 9.44. The Morgan fingerprint density at radius 1 is 1.17 bits per heavy atom. The van der Waals surface area contributed by atoms with Crippen molar-refractivity contribution in [2.75, 3.05) is 11.9 Å². The number of halogens is 3. The van der Waals surface area contributed by atoms with E-state index in [0.717, 1.165) is 10.4 Å². The van der Waals surface area contributed by atoms with E-state index in [1.165, 1.54) is 47.9 Å². The van der Waals surface area contributed by atoms with Crippen molar-refractivity contribution in [2.45, 2.75) is 19.2 Å². The highest BCUT2D eigenvalue weighted by atomic mass is 32.1. The van der Waals surface area contributed by atoms with Crippen LogP contribution in [0.1, 0.15) is 27.4 Å². The summed E-state index contributed by atoms with van der Waals surface area (Å²) in [4.78, 5) is 28.6. The molecule has 0 fully saturated rings. The molecule has 0 saturated carbocycles. The van der Waals surface area contributed by atoms with Crippen LogP contribution in [0.3, 0.4) is 0 Å². The summed E-state index contributed by atoms with van der Waals surface area (Å²) < 4.78 is 45.4. The number of amides is 2. The highest BCUT2D eigenvalue weighted by molar-refractivity contribution is 7.15. The van der Waals surface area contributed by atoms with Gasteiger partial charge in [0.25, 0.3) is 5.91 Å². The van der Waals surface area contributed by atoms with Crippen molar-refractivity contribution in [1.29, 1.82) is 0 Å². The fourth-order valence-electron chi connectivity index (χ4n) is 2.42. The first-order chi connectivity index (χ1) is 14.3. The summed E-state index contributed by atoms with van der Waals surface area (Å²) in [6.45, 7) is 0.135. The van der Waals surface area contributed by atoms with Crippen LogP contribution in [-0.2, 0) is 11.2 Å². The Labute approximate surface area is 172 Å². The number of furan rings is 1. The lowest BCUT2D eigenvalue weighted by Crippen LogP contribution is -2.27. The second-order valence-electron chi connectivity index (χ2n) is 6.03. The van der Waals surface area contributed by atoms with E-state index in [9.17, 15) is 22.8 Å². The number of carbonyl (C=O) groups is 2. The Balaban J connectivity index is 1.44. The van der Waals surface area contributed by atoms with Crippen LogP contribution < -0.4 is 15.4 Å². The van der Waals surface area contributed by atoms with Crippen molar-refractivity contribution in [1.82, 2.24) is 10.3 Å². The molecule has 2 amide bonds. The molecule has 2 aromatic heterocycles. The van der Waals surface area contributed by atoms with Gasteiger partial charge in [-0.2, -0.15) is 0 Å². The molecule has 0 radical (unpaired) electrons. The lowest BCUT2D eigenvalue weighted by atomic mass is 10.1. The van der Waals surface area contributed by atoms with Crippen molar-refractivity contribution in [3.8, 4) is 5.75 Å². The zero-order chi connectivity index (χ0) is 21.6. The number of rotatable bonds is 8. The Kier molecular flexibility index (Phi) is 6.72. The van der Waals surface area contributed by atoms with Gasteiger partial charge in [-0.15, -0.1) is 24.5 Å². The van der Waals surface area contributed by atoms with Crippen LogP contribution in [0.15, 0.2) is 53.3 Å².